The molecule has 2 amide bonds. The smallest absolute Gasteiger partial charge is 0.317 e. The lowest BCUT2D eigenvalue weighted by Gasteiger charge is -2.30. The van der Waals surface area contributed by atoms with E-state index in [4.69, 9.17) is 4.74 Å². The lowest BCUT2D eigenvalue weighted by Crippen LogP contribution is -2.49. The zero-order valence-corrected chi connectivity index (χ0v) is 13.4. The first-order valence-corrected chi connectivity index (χ1v) is 8.02. The molecule has 122 valence electrons. The van der Waals surface area contributed by atoms with Gasteiger partial charge < -0.3 is 20.1 Å². The number of carbonyl (C=O) groups is 1. The highest BCUT2D eigenvalue weighted by Gasteiger charge is 2.22. The summed E-state index contributed by atoms with van der Waals surface area (Å²) in [7, 11) is 0. The summed E-state index contributed by atoms with van der Waals surface area (Å²) in [5.41, 5.74) is 1.15. The van der Waals surface area contributed by atoms with Crippen molar-refractivity contribution in [3.63, 3.8) is 0 Å². The zero-order valence-electron chi connectivity index (χ0n) is 13.4. The van der Waals surface area contributed by atoms with Crippen molar-refractivity contribution < 1.29 is 14.6 Å². The van der Waals surface area contributed by atoms with Gasteiger partial charge in [-0.25, -0.2) is 4.79 Å². The van der Waals surface area contributed by atoms with Gasteiger partial charge in [-0.15, -0.1) is 0 Å². The molecule has 1 aliphatic rings. The van der Waals surface area contributed by atoms with Crippen LogP contribution in [0.4, 0.5) is 4.79 Å². The minimum atomic E-state index is -0.398. The largest absolute Gasteiger partial charge is 0.489 e. The van der Waals surface area contributed by atoms with Crippen LogP contribution in [0.5, 0.6) is 5.75 Å². The lowest BCUT2D eigenvalue weighted by atomic mass is 10.1. The molecule has 0 radical (unpaired) electrons. The number of nitrogens with one attached hydrogen (secondary N) is 1. The average molecular weight is 306 g/mol. The Labute approximate surface area is 132 Å². The summed E-state index contributed by atoms with van der Waals surface area (Å²) in [6.45, 7) is 5.66. The second kappa shape index (κ2) is 8.03. The molecule has 22 heavy (non-hydrogen) atoms. The van der Waals surface area contributed by atoms with Gasteiger partial charge >= 0.3 is 6.03 Å². The number of aryl methyl sites for hydroxylation is 1. The molecule has 1 aliphatic heterocycles. The fourth-order valence-electron chi connectivity index (χ4n) is 2.60. The van der Waals surface area contributed by atoms with E-state index in [2.05, 4.69) is 5.32 Å². The number of piperidine rings is 1. The van der Waals surface area contributed by atoms with Crippen molar-refractivity contribution in [2.45, 2.75) is 45.3 Å². The van der Waals surface area contributed by atoms with Crippen LogP contribution in [0.2, 0.25) is 0 Å². The number of ether oxygens (including phenoxy) is 1. The predicted molar refractivity (Wildman–Crippen MR) is 86.1 cm³/mol. The number of hydrogen-bond donors (Lipinski definition) is 2. The Hall–Kier alpha value is -1.75. The summed E-state index contributed by atoms with van der Waals surface area (Å²) in [4.78, 5) is 13.8. The molecule has 1 saturated heterocycles. The van der Waals surface area contributed by atoms with Crippen LogP contribution in [0.15, 0.2) is 24.3 Å². The lowest BCUT2D eigenvalue weighted by molar-refractivity contribution is 0.0829. The molecule has 2 N–H and O–H groups in total. The standard InChI is InChI=1S/C17H26N2O3/c1-3-15(22-16-8-4-6-13(2)10-16)11-18-17(21)19-9-5-7-14(20)12-19/h4,6,8,10,14-15,20H,3,5,7,9,11-12H2,1-2H3,(H,18,21)/t14-,15-/m0/s1. The van der Waals surface area contributed by atoms with Crippen molar-refractivity contribution in [2.75, 3.05) is 19.6 Å². The normalized spacial score (nSPS) is 19.6. The van der Waals surface area contributed by atoms with Crippen LogP contribution < -0.4 is 10.1 Å². The molecule has 0 aliphatic carbocycles. The van der Waals surface area contributed by atoms with Gasteiger partial charge in [0.1, 0.15) is 11.9 Å². The molecule has 2 rings (SSSR count). The minimum absolute atomic E-state index is 0.0551. The highest BCUT2D eigenvalue weighted by molar-refractivity contribution is 5.74. The van der Waals surface area contributed by atoms with Crippen molar-refractivity contribution in [1.82, 2.24) is 10.2 Å². The molecule has 0 saturated carbocycles. The van der Waals surface area contributed by atoms with E-state index in [9.17, 15) is 9.90 Å². The van der Waals surface area contributed by atoms with Crippen LogP contribution in [0.3, 0.4) is 0 Å². The molecular weight excluding hydrogens is 280 g/mol. The fraction of sp³-hybridized carbons (Fsp3) is 0.588. The molecule has 1 aromatic rings. The first kappa shape index (κ1) is 16.6. The van der Waals surface area contributed by atoms with Crippen molar-refractivity contribution >= 4 is 6.03 Å². The molecule has 5 nitrogen and oxygen atoms in total. The maximum absolute atomic E-state index is 12.1. The molecule has 5 heteroatoms. The maximum Gasteiger partial charge on any atom is 0.317 e. The number of carbonyl (C=O) groups excluding carboxylic acids is 1. The van der Waals surface area contributed by atoms with Crippen LogP contribution in [-0.2, 0) is 0 Å². The highest BCUT2D eigenvalue weighted by atomic mass is 16.5. The minimum Gasteiger partial charge on any atom is -0.489 e. The van der Waals surface area contributed by atoms with Gasteiger partial charge in [0.05, 0.1) is 12.6 Å². The van der Waals surface area contributed by atoms with Crippen LogP contribution in [0.25, 0.3) is 0 Å². The van der Waals surface area contributed by atoms with E-state index in [-0.39, 0.29) is 12.1 Å². The quantitative estimate of drug-likeness (QED) is 0.877. The number of aliphatic hydroxyl groups excluding tert-OH is 1. The van der Waals surface area contributed by atoms with Gasteiger partial charge in [-0.1, -0.05) is 19.1 Å². The summed E-state index contributed by atoms with van der Waals surface area (Å²) >= 11 is 0. The third-order valence-corrected chi connectivity index (χ3v) is 3.91. The maximum atomic E-state index is 12.1. The second-order valence-corrected chi connectivity index (χ2v) is 5.89. The first-order chi connectivity index (χ1) is 10.6. The highest BCUT2D eigenvalue weighted by Crippen LogP contribution is 2.15. The number of benzene rings is 1. The van der Waals surface area contributed by atoms with E-state index in [0.717, 1.165) is 30.6 Å². The Morgan fingerprint density at radius 3 is 3.05 bits per heavy atom. The van der Waals surface area contributed by atoms with Crippen molar-refractivity contribution in [3.8, 4) is 5.75 Å². The molecule has 0 unspecified atom stereocenters. The Balaban J connectivity index is 1.81. The fourth-order valence-corrected chi connectivity index (χ4v) is 2.60. The molecule has 1 heterocycles. The first-order valence-electron chi connectivity index (χ1n) is 8.02. The van der Waals surface area contributed by atoms with Gasteiger partial charge in [0.15, 0.2) is 0 Å². The summed E-state index contributed by atoms with van der Waals surface area (Å²) in [6, 6.07) is 7.79. The van der Waals surface area contributed by atoms with E-state index >= 15 is 0 Å². The van der Waals surface area contributed by atoms with E-state index in [1.807, 2.05) is 38.1 Å². The van der Waals surface area contributed by atoms with Crippen LogP contribution in [0.1, 0.15) is 31.7 Å². The number of β-amino-alcohol motifs (C(OH)–C–C–N with tert-alkyl or cyclic N) is 1. The van der Waals surface area contributed by atoms with Crippen LogP contribution >= 0.6 is 0 Å². The number of urea groups is 1. The van der Waals surface area contributed by atoms with Gasteiger partial charge in [-0.05, 0) is 43.9 Å². The number of aliphatic hydroxyl groups is 1. The number of rotatable bonds is 5. The molecule has 0 spiro atoms. The molecular formula is C17H26N2O3. The van der Waals surface area contributed by atoms with Gasteiger partial charge in [0.2, 0.25) is 0 Å². The molecule has 2 atom stereocenters. The third kappa shape index (κ3) is 4.91. The van der Waals surface area contributed by atoms with Crippen molar-refractivity contribution in [3.05, 3.63) is 29.8 Å². The second-order valence-electron chi connectivity index (χ2n) is 5.89. The van der Waals surface area contributed by atoms with Crippen molar-refractivity contribution in [1.29, 1.82) is 0 Å². The third-order valence-electron chi connectivity index (χ3n) is 3.91. The molecule has 1 aromatic carbocycles. The van der Waals surface area contributed by atoms with Crippen molar-refractivity contribution in [2.24, 2.45) is 0 Å². The van der Waals surface area contributed by atoms with Crippen LogP contribution in [0, 0.1) is 6.92 Å². The predicted octanol–water partition coefficient (Wildman–Crippen LogP) is 2.32. The Morgan fingerprint density at radius 1 is 1.55 bits per heavy atom. The van der Waals surface area contributed by atoms with E-state index in [0.29, 0.717) is 19.6 Å². The molecule has 1 fully saturated rings. The van der Waals surface area contributed by atoms with Gasteiger partial charge in [0, 0.05) is 13.1 Å². The number of hydrogen-bond acceptors (Lipinski definition) is 3. The van der Waals surface area contributed by atoms with Gasteiger partial charge in [0.25, 0.3) is 0 Å². The number of likely N-dealkylation sites (tertiary alicyclic amines) is 1. The van der Waals surface area contributed by atoms with Gasteiger partial charge in [-0.2, -0.15) is 0 Å². The zero-order chi connectivity index (χ0) is 15.9. The van der Waals surface area contributed by atoms with Crippen LogP contribution in [-0.4, -0.2) is 47.9 Å². The monoisotopic (exact) mass is 306 g/mol. The number of amides is 2. The summed E-state index contributed by atoms with van der Waals surface area (Å²) in [5, 5.41) is 12.5. The Kier molecular flexibility index (Phi) is 6.07. The topological polar surface area (TPSA) is 61.8 Å². The Bertz CT molecular complexity index is 493. The Morgan fingerprint density at radius 2 is 2.36 bits per heavy atom. The summed E-state index contributed by atoms with van der Waals surface area (Å²) in [6.07, 6.45) is 1.99. The average Bonchev–Trinajstić information content (AvgIpc) is 2.51. The summed E-state index contributed by atoms with van der Waals surface area (Å²) < 4.78 is 5.92. The van der Waals surface area contributed by atoms with Gasteiger partial charge in [-0.3, -0.25) is 0 Å². The molecule has 0 bridgehead atoms. The SMILES string of the molecule is CC[C@@H](CNC(=O)N1CCC[C@H](O)C1)Oc1cccc(C)c1. The van der Waals surface area contributed by atoms with E-state index < -0.39 is 6.10 Å². The van der Waals surface area contributed by atoms with E-state index in [1.165, 1.54) is 0 Å². The molecule has 0 aromatic heterocycles. The number of nitrogens with zero attached hydrogens (tertiary/aromatic N) is 1. The van der Waals surface area contributed by atoms with E-state index in [1.54, 1.807) is 4.90 Å². The summed E-state index contributed by atoms with van der Waals surface area (Å²) in [5.74, 6) is 0.828.